The summed E-state index contributed by atoms with van der Waals surface area (Å²) >= 11 is 6.13. The van der Waals surface area contributed by atoms with Gasteiger partial charge < -0.3 is 9.88 Å². The predicted molar refractivity (Wildman–Crippen MR) is 75.6 cm³/mol. The van der Waals surface area contributed by atoms with Crippen LogP contribution in [-0.4, -0.2) is 22.4 Å². The third-order valence-corrected chi connectivity index (χ3v) is 4.03. The molecule has 0 radical (unpaired) electrons. The number of amides is 1. The minimum absolute atomic E-state index is 0.175. The Balaban J connectivity index is 1.90. The van der Waals surface area contributed by atoms with Crippen molar-refractivity contribution < 1.29 is 4.79 Å². The third kappa shape index (κ3) is 3.83. The molecule has 0 aliphatic heterocycles. The fourth-order valence-corrected chi connectivity index (χ4v) is 2.85. The number of rotatable bonds is 3. The van der Waals surface area contributed by atoms with Crippen LogP contribution in [0.5, 0.6) is 0 Å². The average molecular weight is 283 g/mol. The fraction of sp³-hybridized carbons (Fsp3) is 0.571. The van der Waals surface area contributed by atoms with E-state index in [1.165, 1.54) is 10.6 Å². The monoisotopic (exact) mass is 282 g/mol. The molecule has 4 nitrogen and oxygen atoms in total. The Morgan fingerprint density at radius 1 is 1.53 bits per heavy atom. The second kappa shape index (κ2) is 6.24. The summed E-state index contributed by atoms with van der Waals surface area (Å²) in [4.78, 5) is 23.4. The zero-order chi connectivity index (χ0) is 13.8. The summed E-state index contributed by atoms with van der Waals surface area (Å²) < 4.78 is 1.44. The number of pyridine rings is 1. The molecule has 19 heavy (non-hydrogen) atoms. The maximum absolute atomic E-state index is 11.9. The number of carbonyl (C=O) groups excluding carboxylic acids is 1. The molecule has 2 atom stereocenters. The third-order valence-electron chi connectivity index (χ3n) is 3.64. The van der Waals surface area contributed by atoms with Gasteiger partial charge in [0.15, 0.2) is 0 Å². The highest BCUT2D eigenvalue weighted by Crippen LogP contribution is 2.27. The molecule has 2 unspecified atom stereocenters. The molecule has 0 aromatic carbocycles. The molecule has 104 valence electrons. The van der Waals surface area contributed by atoms with Gasteiger partial charge in [-0.2, -0.15) is 0 Å². The summed E-state index contributed by atoms with van der Waals surface area (Å²) in [5.74, 6) is 0.265. The highest BCUT2D eigenvalue weighted by molar-refractivity contribution is 6.20. The number of aromatic nitrogens is 1. The Morgan fingerprint density at radius 2 is 2.32 bits per heavy atom. The van der Waals surface area contributed by atoms with E-state index in [1.807, 2.05) is 0 Å². The molecular formula is C14H19ClN2O2. The number of carbonyl (C=O) groups is 1. The normalized spacial score (nSPS) is 23.1. The molecule has 1 aromatic heterocycles. The molecule has 0 spiro atoms. The predicted octanol–water partition coefficient (Wildman–Crippen LogP) is 1.91. The fourth-order valence-electron chi connectivity index (χ4n) is 2.44. The molecule has 1 amide bonds. The molecule has 5 heteroatoms. The Kier molecular flexibility index (Phi) is 4.64. The molecular weight excluding hydrogens is 264 g/mol. The van der Waals surface area contributed by atoms with E-state index in [9.17, 15) is 9.59 Å². The smallest absolute Gasteiger partial charge is 0.251 e. The van der Waals surface area contributed by atoms with E-state index in [0.717, 1.165) is 25.7 Å². The summed E-state index contributed by atoms with van der Waals surface area (Å²) in [6.45, 7) is 0.636. The van der Waals surface area contributed by atoms with Crippen LogP contribution in [0.4, 0.5) is 0 Å². The van der Waals surface area contributed by atoms with Crippen molar-refractivity contribution in [3.63, 3.8) is 0 Å². The quantitative estimate of drug-likeness (QED) is 0.861. The van der Waals surface area contributed by atoms with Gasteiger partial charge in [-0.05, 0) is 31.2 Å². The van der Waals surface area contributed by atoms with Gasteiger partial charge in [-0.3, -0.25) is 9.59 Å². The summed E-state index contributed by atoms with van der Waals surface area (Å²) in [5.41, 5.74) is 0.243. The molecule has 1 fully saturated rings. The van der Waals surface area contributed by atoms with Crippen molar-refractivity contribution in [2.75, 3.05) is 6.54 Å². The minimum atomic E-state index is -0.186. The van der Waals surface area contributed by atoms with E-state index in [-0.39, 0.29) is 16.8 Å². The summed E-state index contributed by atoms with van der Waals surface area (Å²) in [6.07, 6.45) is 5.87. The molecule has 1 aliphatic rings. The second-order valence-corrected chi connectivity index (χ2v) is 5.82. The lowest BCUT2D eigenvalue weighted by Gasteiger charge is -2.25. The molecule has 1 aromatic rings. The van der Waals surface area contributed by atoms with Gasteiger partial charge >= 0.3 is 0 Å². The molecule has 1 heterocycles. The van der Waals surface area contributed by atoms with Crippen molar-refractivity contribution in [3.8, 4) is 0 Å². The minimum Gasteiger partial charge on any atom is -0.352 e. The van der Waals surface area contributed by atoms with Crippen LogP contribution in [0.3, 0.4) is 0 Å². The molecule has 0 bridgehead atoms. The topological polar surface area (TPSA) is 51.1 Å². The zero-order valence-electron chi connectivity index (χ0n) is 11.1. The van der Waals surface area contributed by atoms with Crippen LogP contribution < -0.4 is 10.9 Å². The maximum Gasteiger partial charge on any atom is 0.251 e. The number of nitrogens with zero attached hydrogens (tertiary/aromatic N) is 1. The molecule has 2 rings (SSSR count). The van der Waals surface area contributed by atoms with Crippen molar-refractivity contribution in [1.29, 1.82) is 0 Å². The number of aryl methyl sites for hydroxylation is 1. The van der Waals surface area contributed by atoms with Gasteiger partial charge in [0.05, 0.1) is 0 Å². The van der Waals surface area contributed by atoms with Crippen LogP contribution in [-0.2, 0) is 7.05 Å². The first-order chi connectivity index (χ1) is 9.06. The largest absolute Gasteiger partial charge is 0.352 e. The number of alkyl halides is 1. The molecule has 1 N–H and O–H groups in total. The standard InChI is InChI=1S/C14H19ClN2O2/c1-17-6-5-11(8-13(17)18)14(19)16-9-10-3-2-4-12(15)7-10/h5-6,8,10,12H,2-4,7,9H2,1H3,(H,16,19). The second-order valence-electron chi connectivity index (χ2n) is 5.20. The maximum atomic E-state index is 11.9. The Labute approximate surface area is 117 Å². The van der Waals surface area contributed by atoms with Crippen LogP contribution in [0.1, 0.15) is 36.0 Å². The van der Waals surface area contributed by atoms with Crippen molar-refractivity contribution >= 4 is 17.5 Å². The van der Waals surface area contributed by atoms with Crippen molar-refractivity contribution in [3.05, 3.63) is 34.2 Å². The van der Waals surface area contributed by atoms with Crippen molar-refractivity contribution in [1.82, 2.24) is 9.88 Å². The van der Waals surface area contributed by atoms with Gasteiger partial charge in [0.1, 0.15) is 0 Å². The summed E-state index contributed by atoms with van der Waals surface area (Å²) in [7, 11) is 1.66. The summed E-state index contributed by atoms with van der Waals surface area (Å²) in [5, 5.41) is 3.13. The van der Waals surface area contributed by atoms with Crippen LogP contribution in [0.2, 0.25) is 0 Å². The van der Waals surface area contributed by atoms with Gasteiger partial charge in [-0.15, -0.1) is 11.6 Å². The lowest BCUT2D eigenvalue weighted by atomic mass is 9.89. The van der Waals surface area contributed by atoms with Crippen LogP contribution in [0, 0.1) is 5.92 Å². The van der Waals surface area contributed by atoms with E-state index >= 15 is 0 Å². The number of hydrogen-bond acceptors (Lipinski definition) is 2. The van der Waals surface area contributed by atoms with Crippen LogP contribution in [0.15, 0.2) is 23.1 Å². The van der Waals surface area contributed by atoms with E-state index in [1.54, 1.807) is 19.3 Å². The summed E-state index contributed by atoms with van der Waals surface area (Å²) in [6, 6.07) is 3.02. The van der Waals surface area contributed by atoms with Gasteiger partial charge in [-0.1, -0.05) is 6.42 Å². The van der Waals surface area contributed by atoms with E-state index in [4.69, 9.17) is 11.6 Å². The molecule has 1 aliphatic carbocycles. The van der Waals surface area contributed by atoms with Gasteiger partial charge in [-0.25, -0.2) is 0 Å². The molecule has 1 saturated carbocycles. The zero-order valence-corrected chi connectivity index (χ0v) is 11.8. The van der Waals surface area contributed by atoms with Crippen molar-refractivity contribution in [2.45, 2.75) is 31.1 Å². The lowest BCUT2D eigenvalue weighted by molar-refractivity contribution is 0.0943. The van der Waals surface area contributed by atoms with Crippen LogP contribution >= 0.6 is 11.6 Å². The highest BCUT2D eigenvalue weighted by Gasteiger charge is 2.20. The molecule has 0 saturated heterocycles. The van der Waals surface area contributed by atoms with E-state index in [2.05, 4.69) is 5.32 Å². The van der Waals surface area contributed by atoms with Crippen LogP contribution in [0.25, 0.3) is 0 Å². The van der Waals surface area contributed by atoms with Gasteiger partial charge in [0.25, 0.3) is 11.5 Å². The first-order valence-corrected chi connectivity index (χ1v) is 7.09. The average Bonchev–Trinajstić information content (AvgIpc) is 2.39. The van der Waals surface area contributed by atoms with Crippen molar-refractivity contribution in [2.24, 2.45) is 13.0 Å². The van der Waals surface area contributed by atoms with E-state index in [0.29, 0.717) is 18.0 Å². The van der Waals surface area contributed by atoms with E-state index < -0.39 is 0 Å². The number of nitrogens with one attached hydrogen (secondary N) is 1. The Hall–Kier alpha value is -1.29. The first kappa shape index (κ1) is 14.1. The SMILES string of the molecule is Cn1ccc(C(=O)NCC2CCCC(Cl)C2)cc1=O. The van der Waals surface area contributed by atoms with Gasteiger partial charge in [0.2, 0.25) is 0 Å². The number of hydrogen-bond donors (Lipinski definition) is 1. The lowest BCUT2D eigenvalue weighted by Crippen LogP contribution is -2.32. The van der Waals surface area contributed by atoms with Gasteiger partial charge in [0, 0.05) is 36.8 Å². The first-order valence-electron chi connectivity index (χ1n) is 6.65. The Morgan fingerprint density at radius 3 is 3.00 bits per heavy atom. The highest BCUT2D eigenvalue weighted by atomic mass is 35.5. The number of halogens is 1. The Bertz CT molecular complexity index is 512.